The van der Waals surface area contributed by atoms with Gasteiger partial charge in [0.2, 0.25) is 5.91 Å². The molecule has 0 bridgehead atoms. The zero-order valence-electron chi connectivity index (χ0n) is 9.90. The van der Waals surface area contributed by atoms with E-state index >= 15 is 0 Å². The van der Waals surface area contributed by atoms with Crippen molar-refractivity contribution in [2.75, 3.05) is 0 Å². The minimum Gasteiger partial charge on any atom is -0.350 e. The maximum atomic E-state index is 11.0. The molecule has 1 heterocycles. The van der Waals surface area contributed by atoms with Crippen LogP contribution in [0.2, 0.25) is 0 Å². The van der Waals surface area contributed by atoms with E-state index in [1.54, 1.807) is 6.20 Å². The molecule has 88 valence electrons. The average molecular weight is 229 g/mol. The van der Waals surface area contributed by atoms with Gasteiger partial charge in [-0.15, -0.1) is 0 Å². The molecule has 0 unspecified atom stereocenters. The fraction of sp³-hybridized carbons (Fsp3) is 0.231. The maximum absolute atomic E-state index is 11.0. The average Bonchev–Trinajstić information content (AvgIpc) is 2.82. The lowest BCUT2D eigenvalue weighted by molar-refractivity contribution is -0.119. The van der Waals surface area contributed by atoms with Crippen molar-refractivity contribution in [2.45, 2.75) is 19.9 Å². The van der Waals surface area contributed by atoms with Crippen molar-refractivity contribution >= 4 is 5.91 Å². The van der Waals surface area contributed by atoms with Gasteiger partial charge in [-0.3, -0.25) is 9.89 Å². The third kappa shape index (κ3) is 2.72. The fourth-order valence-electron chi connectivity index (χ4n) is 1.76. The first-order valence-corrected chi connectivity index (χ1v) is 5.53. The molecule has 0 fully saturated rings. The van der Waals surface area contributed by atoms with Crippen LogP contribution in [-0.4, -0.2) is 16.1 Å². The number of hydrogen-bond donors (Lipinski definition) is 2. The Hall–Kier alpha value is -2.10. The first-order valence-electron chi connectivity index (χ1n) is 5.53. The Bertz CT molecular complexity index is 488. The van der Waals surface area contributed by atoms with Crippen LogP contribution in [0.4, 0.5) is 0 Å². The predicted molar refractivity (Wildman–Crippen MR) is 66.3 cm³/mol. The summed E-state index contributed by atoms with van der Waals surface area (Å²) in [5.41, 5.74) is 3.16. The van der Waals surface area contributed by atoms with Gasteiger partial charge in [-0.2, -0.15) is 5.10 Å². The number of rotatable bonds is 3. The molecule has 1 aromatic carbocycles. The van der Waals surface area contributed by atoms with E-state index in [-0.39, 0.29) is 11.9 Å². The quantitative estimate of drug-likeness (QED) is 0.848. The van der Waals surface area contributed by atoms with Gasteiger partial charge >= 0.3 is 0 Å². The summed E-state index contributed by atoms with van der Waals surface area (Å²) in [6.07, 6.45) is 1.73. The van der Waals surface area contributed by atoms with Crippen molar-refractivity contribution < 1.29 is 4.79 Å². The second-order valence-electron chi connectivity index (χ2n) is 4.01. The normalized spacial score (nSPS) is 12.1. The Kier molecular flexibility index (Phi) is 3.23. The molecule has 0 radical (unpaired) electrons. The number of hydrogen-bond acceptors (Lipinski definition) is 2. The number of carbonyl (C=O) groups excluding carboxylic acids is 1. The number of amides is 1. The molecule has 2 aromatic rings. The summed E-state index contributed by atoms with van der Waals surface area (Å²) in [6, 6.07) is 10.0. The minimum atomic E-state index is -0.0184. The van der Waals surface area contributed by atoms with Gasteiger partial charge in [-0.1, -0.05) is 24.3 Å². The molecule has 17 heavy (non-hydrogen) atoms. The SMILES string of the molecule is CC(=O)N[C@@H](C)c1ccc(-c2ccn[nH]2)cc1. The highest BCUT2D eigenvalue weighted by Crippen LogP contribution is 2.19. The van der Waals surface area contributed by atoms with E-state index in [0.717, 1.165) is 16.8 Å². The zero-order valence-corrected chi connectivity index (χ0v) is 9.90. The van der Waals surface area contributed by atoms with Crippen LogP contribution in [0, 0.1) is 0 Å². The third-order valence-electron chi connectivity index (χ3n) is 2.64. The number of H-pyrrole nitrogens is 1. The Morgan fingerprint density at radius 3 is 2.53 bits per heavy atom. The van der Waals surface area contributed by atoms with Gasteiger partial charge in [0, 0.05) is 13.1 Å². The van der Waals surface area contributed by atoms with Crippen LogP contribution >= 0.6 is 0 Å². The number of aromatic amines is 1. The van der Waals surface area contributed by atoms with Crippen molar-refractivity contribution in [1.82, 2.24) is 15.5 Å². The Labute approximate surface area is 100 Å². The molecule has 0 aliphatic carbocycles. The van der Waals surface area contributed by atoms with Crippen LogP contribution in [0.15, 0.2) is 36.5 Å². The summed E-state index contributed by atoms with van der Waals surface area (Å²) in [7, 11) is 0. The fourth-order valence-corrected chi connectivity index (χ4v) is 1.76. The summed E-state index contributed by atoms with van der Waals surface area (Å²) in [4.78, 5) is 11.0. The summed E-state index contributed by atoms with van der Waals surface area (Å²) in [5, 5.41) is 9.68. The summed E-state index contributed by atoms with van der Waals surface area (Å²) < 4.78 is 0. The van der Waals surface area contributed by atoms with Crippen LogP contribution in [-0.2, 0) is 4.79 Å². The first-order chi connectivity index (χ1) is 8.16. The van der Waals surface area contributed by atoms with Gasteiger partial charge in [0.05, 0.1) is 11.7 Å². The van der Waals surface area contributed by atoms with Crippen molar-refractivity contribution in [2.24, 2.45) is 0 Å². The molecule has 0 spiro atoms. The topological polar surface area (TPSA) is 57.8 Å². The van der Waals surface area contributed by atoms with Gasteiger partial charge in [0.15, 0.2) is 0 Å². The highest BCUT2D eigenvalue weighted by molar-refractivity contribution is 5.73. The highest BCUT2D eigenvalue weighted by Gasteiger charge is 2.06. The number of nitrogens with zero attached hydrogens (tertiary/aromatic N) is 1. The van der Waals surface area contributed by atoms with Crippen LogP contribution in [0.1, 0.15) is 25.5 Å². The highest BCUT2D eigenvalue weighted by atomic mass is 16.1. The molecule has 1 amide bonds. The van der Waals surface area contributed by atoms with E-state index in [2.05, 4.69) is 15.5 Å². The number of carbonyl (C=O) groups is 1. The number of aromatic nitrogens is 2. The molecule has 2 N–H and O–H groups in total. The van der Waals surface area contributed by atoms with Crippen molar-refractivity contribution in [3.8, 4) is 11.3 Å². The second-order valence-corrected chi connectivity index (χ2v) is 4.01. The van der Waals surface area contributed by atoms with Gasteiger partial charge in [-0.25, -0.2) is 0 Å². The number of benzene rings is 1. The Morgan fingerprint density at radius 1 is 1.29 bits per heavy atom. The molecule has 1 atom stereocenters. The lowest BCUT2D eigenvalue weighted by Crippen LogP contribution is -2.23. The van der Waals surface area contributed by atoms with Crippen LogP contribution in [0.25, 0.3) is 11.3 Å². The molecule has 0 aliphatic heterocycles. The van der Waals surface area contributed by atoms with E-state index in [1.807, 2.05) is 37.3 Å². The number of nitrogens with one attached hydrogen (secondary N) is 2. The van der Waals surface area contributed by atoms with E-state index in [9.17, 15) is 4.79 Å². The molecule has 2 rings (SSSR count). The monoisotopic (exact) mass is 229 g/mol. The molecular formula is C13H15N3O. The van der Waals surface area contributed by atoms with Crippen LogP contribution in [0.5, 0.6) is 0 Å². The molecule has 4 nitrogen and oxygen atoms in total. The smallest absolute Gasteiger partial charge is 0.217 e. The molecule has 0 aliphatic rings. The molecular weight excluding hydrogens is 214 g/mol. The first kappa shape index (κ1) is 11.4. The largest absolute Gasteiger partial charge is 0.350 e. The van der Waals surface area contributed by atoms with Gasteiger partial charge in [0.1, 0.15) is 0 Å². The lowest BCUT2D eigenvalue weighted by atomic mass is 10.0. The van der Waals surface area contributed by atoms with Crippen molar-refractivity contribution in [3.63, 3.8) is 0 Å². The van der Waals surface area contributed by atoms with Crippen molar-refractivity contribution in [3.05, 3.63) is 42.1 Å². The van der Waals surface area contributed by atoms with Gasteiger partial charge in [-0.05, 0) is 24.1 Å². The maximum Gasteiger partial charge on any atom is 0.217 e. The molecule has 1 aromatic heterocycles. The van der Waals surface area contributed by atoms with Crippen LogP contribution in [0.3, 0.4) is 0 Å². The van der Waals surface area contributed by atoms with Gasteiger partial charge < -0.3 is 5.32 Å². The van der Waals surface area contributed by atoms with Gasteiger partial charge in [0.25, 0.3) is 0 Å². The van der Waals surface area contributed by atoms with Crippen LogP contribution < -0.4 is 5.32 Å². The Morgan fingerprint density at radius 2 is 2.00 bits per heavy atom. The second kappa shape index (κ2) is 4.82. The summed E-state index contributed by atoms with van der Waals surface area (Å²) >= 11 is 0. The third-order valence-corrected chi connectivity index (χ3v) is 2.64. The van der Waals surface area contributed by atoms with E-state index < -0.39 is 0 Å². The summed E-state index contributed by atoms with van der Waals surface area (Å²) in [5.74, 6) is -0.0184. The summed E-state index contributed by atoms with van der Waals surface area (Å²) in [6.45, 7) is 3.49. The standard InChI is InChI=1S/C13H15N3O/c1-9(15-10(2)17)11-3-5-12(6-4-11)13-7-8-14-16-13/h3-9H,1-2H3,(H,14,16)(H,15,17)/t9-/m0/s1. The zero-order chi connectivity index (χ0) is 12.3. The van der Waals surface area contributed by atoms with E-state index in [0.29, 0.717) is 0 Å². The predicted octanol–water partition coefficient (Wildman–Crippen LogP) is 2.27. The van der Waals surface area contributed by atoms with E-state index in [1.165, 1.54) is 6.92 Å². The minimum absolute atomic E-state index is 0.0184. The Balaban J connectivity index is 2.15. The molecule has 4 heteroatoms. The molecule has 0 saturated carbocycles. The lowest BCUT2D eigenvalue weighted by Gasteiger charge is -2.13. The van der Waals surface area contributed by atoms with Crippen molar-refractivity contribution in [1.29, 1.82) is 0 Å². The van der Waals surface area contributed by atoms with E-state index in [4.69, 9.17) is 0 Å². The molecule has 0 saturated heterocycles.